The third-order valence-electron chi connectivity index (χ3n) is 3.80. The van der Waals surface area contributed by atoms with E-state index in [1.807, 2.05) is 13.8 Å². The van der Waals surface area contributed by atoms with Crippen LogP contribution in [0.2, 0.25) is 0 Å². The number of carboxylic acid groups (broad SMARTS) is 1. The summed E-state index contributed by atoms with van der Waals surface area (Å²) in [5.74, 6) is -1.26. The molecule has 0 heterocycles. The molecule has 1 aromatic rings. The van der Waals surface area contributed by atoms with Crippen LogP contribution in [0.3, 0.4) is 0 Å². The molecule has 0 aliphatic carbocycles. The molecular weight excluding hydrogens is 321 g/mol. The second-order valence-corrected chi connectivity index (χ2v) is 5.64. The van der Waals surface area contributed by atoms with Gasteiger partial charge in [0.05, 0.1) is 0 Å². The number of aryl methyl sites for hydroxylation is 1. The van der Waals surface area contributed by atoms with E-state index >= 15 is 0 Å². The largest absolute Gasteiger partial charge is 0.480 e. The summed E-state index contributed by atoms with van der Waals surface area (Å²) in [5, 5.41) is 9.08. The van der Waals surface area contributed by atoms with Gasteiger partial charge in [-0.3, -0.25) is 9.59 Å². The minimum Gasteiger partial charge on any atom is -0.480 e. The van der Waals surface area contributed by atoms with Crippen molar-refractivity contribution in [3.63, 3.8) is 0 Å². The molecule has 0 saturated carbocycles. The van der Waals surface area contributed by atoms with Crippen molar-refractivity contribution >= 4 is 11.8 Å². The van der Waals surface area contributed by atoms with E-state index in [2.05, 4.69) is 13.2 Å². The summed E-state index contributed by atoms with van der Waals surface area (Å²) < 4.78 is 12.9. The van der Waals surface area contributed by atoms with Gasteiger partial charge in [-0.05, 0) is 50.8 Å². The van der Waals surface area contributed by atoms with Gasteiger partial charge in [-0.2, -0.15) is 0 Å². The second-order valence-electron chi connectivity index (χ2n) is 5.64. The first-order valence-electron chi connectivity index (χ1n) is 8.27. The van der Waals surface area contributed by atoms with Crippen molar-refractivity contribution in [3.8, 4) is 0 Å². The minimum atomic E-state index is -0.936. The van der Waals surface area contributed by atoms with Crippen LogP contribution in [0.5, 0.6) is 0 Å². The fourth-order valence-electron chi connectivity index (χ4n) is 2.31. The second kappa shape index (κ2) is 12.0. The average molecular weight is 349 g/mol. The lowest BCUT2D eigenvalue weighted by Gasteiger charge is -2.27. The third-order valence-corrected chi connectivity index (χ3v) is 3.80. The lowest BCUT2D eigenvalue weighted by Crippen LogP contribution is -2.34. The van der Waals surface area contributed by atoms with E-state index in [0.717, 1.165) is 5.56 Å². The molecule has 0 bridgehead atoms. The van der Waals surface area contributed by atoms with Crippen molar-refractivity contribution in [2.24, 2.45) is 0 Å². The summed E-state index contributed by atoms with van der Waals surface area (Å²) in [6, 6.07) is 6.25. The summed E-state index contributed by atoms with van der Waals surface area (Å²) in [6.07, 6.45) is 3.65. The number of benzene rings is 1. The van der Waals surface area contributed by atoms with Gasteiger partial charge in [0.2, 0.25) is 0 Å². The molecule has 1 aromatic carbocycles. The van der Waals surface area contributed by atoms with Gasteiger partial charge in [-0.1, -0.05) is 19.1 Å². The van der Waals surface area contributed by atoms with Crippen molar-refractivity contribution in [3.05, 3.63) is 60.6 Å². The number of carboxylic acids is 1. The SMILES string of the molecule is C=C.CC/C(=C/N(CC(=O)O)C(C)CCc1ccc(F)cc1)C(C)=O. The van der Waals surface area contributed by atoms with Gasteiger partial charge in [-0.15, -0.1) is 13.2 Å². The van der Waals surface area contributed by atoms with Crippen LogP contribution in [-0.2, 0) is 16.0 Å². The molecule has 1 rings (SSSR count). The first kappa shape index (κ1) is 22.6. The zero-order chi connectivity index (χ0) is 19.4. The number of halogens is 1. The van der Waals surface area contributed by atoms with Gasteiger partial charge in [0.15, 0.2) is 5.78 Å². The van der Waals surface area contributed by atoms with Crippen LogP contribution in [0.4, 0.5) is 4.39 Å². The molecule has 1 atom stereocenters. The molecule has 1 N–H and O–H groups in total. The molecule has 0 saturated heterocycles. The number of aliphatic carboxylic acids is 1. The van der Waals surface area contributed by atoms with Crippen LogP contribution < -0.4 is 0 Å². The minimum absolute atomic E-state index is 0.0444. The van der Waals surface area contributed by atoms with Crippen LogP contribution >= 0.6 is 0 Å². The first-order chi connectivity index (χ1) is 11.8. The van der Waals surface area contributed by atoms with Crippen LogP contribution in [0.15, 0.2) is 49.2 Å². The fourth-order valence-corrected chi connectivity index (χ4v) is 2.31. The van der Waals surface area contributed by atoms with Gasteiger partial charge in [-0.25, -0.2) is 4.39 Å². The van der Waals surface area contributed by atoms with E-state index in [1.54, 1.807) is 23.2 Å². The monoisotopic (exact) mass is 349 g/mol. The standard InChI is InChI=1S/C18H24FNO3.C2H4/c1-4-16(14(3)21)11-20(12-18(22)23)13(2)5-6-15-7-9-17(19)10-8-15;1-2/h7-11,13H,4-6,12H2,1-3H3,(H,22,23);1-2H2/b16-11-;. The molecule has 4 nitrogen and oxygen atoms in total. The van der Waals surface area contributed by atoms with Gasteiger partial charge in [0, 0.05) is 17.8 Å². The normalized spacial score (nSPS) is 11.9. The van der Waals surface area contributed by atoms with Crippen LogP contribution in [0.1, 0.15) is 39.2 Å². The molecule has 5 heteroatoms. The number of rotatable bonds is 9. The Kier molecular flexibility index (Phi) is 10.8. The number of carbonyl (C=O) groups is 2. The molecular formula is C20H28FNO3. The molecule has 1 unspecified atom stereocenters. The number of ketones is 1. The number of carbonyl (C=O) groups excluding carboxylic acids is 1. The fraction of sp³-hybridized carbons (Fsp3) is 0.400. The molecule has 0 spiro atoms. The van der Waals surface area contributed by atoms with Crippen molar-refractivity contribution in [2.45, 2.75) is 46.1 Å². The predicted molar refractivity (Wildman–Crippen MR) is 98.8 cm³/mol. The van der Waals surface area contributed by atoms with E-state index in [-0.39, 0.29) is 24.2 Å². The topological polar surface area (TPSA) is 57.6 Å². The highest BCUT2D eigenvalue weighted by atomic mass is 19.1. The summed E-state index contributed by atoms with van der Waals surface area (Å²) in [5.41, 5.74) is 1.61. The van der Waals surface area contributed by atoms with Gasteiger partial charge >= 0.3 is 5.97 Å². The molecule has 25 heavy (non-hydrogen) atoms. The van der Waals surface area contributed by atoms with E-state index < -0.39 is 5.97 Å². The van der Waals surface area contributed by atoms with E-state index in [4.69, 9.17) is 5.11 Å². The number of Topliss-reactive ketones (excluding diaryl/α,β-unsaturated/α-hetero) is 1. The molecule has 0 radical (unpaired) electrons. The molecule has 0 aromatic heterocycles. The molecule has 0 aliphatic rings. The van der Waals surface area contributed by atoms with E-state index in [1.165, 1.54) is 19.1 Å². The Morgan fingerprint density at radius 3 is 2.28 bits per heavy atom. The van der Waals surface area contributed by atoms with Gasteiger partial charge in [0.25, 0.3) is 0 Å². The summed E-state index contributed by atoms with van der Waals surface area (Å²) >= 11 is 0. The summed E-state index contributed by atoms with van der Waals surface area (Å²) in [6.45, 7) is 11.1. The smallest absolute Gasteiger partial charge is 0.323 e. The van der Waals surface area contributed by atoms with E-state index in [9.17, 15) is 14.0 Å². The summed E-state index contributed by atoms with van der Waals surface area (Å²) in [7, 11) is 0. The summed E-state index contributed by atoms with van der Waals surface area (Å²) in [4.78, 5) is 24.3. The molecule has 138 valence electrons. The number of allylic oxidation sites excluding steroid dienone is 1. The zero-order valence-corrected chi connectivity index (χ0v) is 15.3. The lowest BCUT2D eigenvalue weighted by molar-refractivity contribution is -0.138. The number of hydrogen-bond acceptors (Lipinski definition) is 3. The Morgan fingerprint density at radius 1 is 1.28 bits per heavy atom. The molecule has 0 aliphatic heterocycles. The lowest BCUT2D eigenvalue weighted by atomic mass is 10.0. The average Bonchev–Trinajstić information content (AvgIpc) is 2.58. The predicted octanol–water partition coefficient (Wildman–Crippen LogP) is 4.22. The van der Waals surface area contributed by atoms with Crippen molar-refractivity contribution in [1.82, 2.24) is 4.90 Å². The third kappa shape index (κ3) is 8.84. The maximum absolute atomic E-state index is 12.9. The van der Waals surface area contributed by atoms with Gasteiger partial charge in [0.1, 0.15) is 12.4 Å². The highest BCUT2D eigenvalue weighted by Crippen LogP contribution is 2.14. The molecule has 0 fully saturated rings. The number of hydrogen-bond donors (Lipinski definition) is 1. The Morgan fingerprint density at radius 2 is 1.84 bits per heavy atom. The Balaban J connectivity index is 0.00000277. The zero-order valence-electron chi connectivity index (χ0n) is 15.3. The Labute approximate surface area is 149 Å². The maximum atomic E-state index is 12.9. The van der Waals surface area contributed by atoms with Crippen LogP contribution in [0, 0.1) is 5.82 Å². The number of nitrogens with zero attached hydrogens (tertiary/aromatic N) is 1. The first-order valence-corrected chi connectivity index (χ1v) is 8.27. The Bertz CT molecular complexity index is 581. The Hall–Kier alpha value is -2.43. The van der Waals surface area contributed by atoms with Crippen LogP contribution in [0.25, 0.3) is 0 Å². The molecule has 0 amide bonds. The van der Waals surface area contributed by atoms with Gasteiger partial charge < -0.3 is 10.0 Å². The maximum Gasteiger partial charge on any atom is 0.323 e. The quantitative estimate of drug-likeness (QED) is 0.536. The van der Waals surface area contributed by atoms with Crippen molar-refractivity contribution < 1.29 is 19.1 Å². The van der Waals surface area contributed by atoms with Crippen molar-refractivity contribution in [1.29, 1.82) is 0 Å². The van der Waals surface area contributed by atoms with Crippen molar-refractivity contribution in [2.75, 3.05) is 6.54 Å². The van der Waals surface area contributed by atoms with E-state index in [0.29, 0.717) is 24.8 Å². The van der Waals surface area contributed by atoms with Crippen LogP contribution in [-0.4, -0.2) is 34.3 Å². The highest BCUT2D eigenvalue weighted by Gasteiger charge is 2.15. The highest BCUT2D eigenvalue weighted by molar-refractivity contribution is 5.93.